The maximum atomic E-state index is 4.41. The molecule has 0 aliphatic heterocycles. The van der Waals surface area contributed by atoms with E-state index >= 15 is 0 Å². The highest BCUT2D eigenvalue weighted by Gasteiger charge is 2.07. The maximum Gasteiger partial charge on any atom is 0.0955 e. The van der Waals surface area contributed by atoms with Gasteiger partial charge in [-0.2, -0.15) is 5.10 Å². The van der Waals surface area contributed by atoms with Crippen molar-refractivity contribution in [1.29, 1.82) is 0 Å². The molecular weight excluding hydrogens is 332 g/mol. The van der Waals surface area contributed by atoms with Crippen LogP contribution in [0.25, 0.3) is 21.9 Å². The van der Waals surface area contributed by atoms with E-state index in [4.69, 9.17) is 0 Å². The minimum absolute atomic E-state index is 0.575. The van der Waals surface area contributed by atoms with Gasteiger partial charge < -0.3 is 4.57 Å². The second-order valence-corrected chi connectivity index (χ2v) is 7.90. The molecule has 2 aromatic carbocycles. The number of imidazole rings is 1. The van der Waals surface area contributed by atoms with Gasteiger partial charge >= 0.3 is 0 Å². The van der Waals surface area contributed by atoms with Crippen molar-refractivity contribution in [3.8, 4) is 0 Å². The Kier molecular flexibility index (Phi) is 5.36. The van der Waals surface area contributed by atoms with Gasteiger partial charge in [-0.3, -0.25) is 4.68 Å². The Bertz CT molecular complexity index is 1070. The summed E-state index contributed by atoms with van der Waals surface area (Å²) >= 11 is 0. The number of fused-ring (bicyclic) bond motifs is 2. The first-order valence-electron chi connectivity index (χ1n) is 9.62. The lowest BCUT2D eigenvalue weighted by Crippen LogP contribution is -1.90. The highest BCUT2D eigenvalue weighted by atomic mass is 15.3. The Balaban J connectivity index is 0.000000156. The molecule has 0 saturated heterocycles. The highest BCUT2D eigenvalue weighted by Crippen LogP contribution is 2.23. The van der Waals surface area contributed by atoms with E-state index in [1.165, 1.54) is 27.5 Å². The standard InChI is InChI=1S/C12H16N2.C11H14N2/c1-8(2)10-5-6-12-11(7-10)9(3)13-14(12)4;1-8(2)9-4-5-11-10(6-9)12-7-13(11)3/h5-8H,1-4H3;4-8H,1-3H3. The second kappa shape index (κ2) is 7.55. The first kappa shape index (κ1) is 19.2. The zero-order chi connectivity index (χ0) is 19.7. The van der Waals surface area contributed by atoms with Crippen LogP contribution in [0.3, 0.4) is 0 Å². The molecule has 4 rings (SSSR count). The zero-order valence-electron chi connectivity index (χ0n) is 17.5. The summed E-state index contributed by atoms with van der Waals surface area (Å²) in [5.74, 6) is 1.16. The lowest BCUT2D eigenvalue weighted by molar-refractivity contribution is 0.783. The van der Waals surface area contributed by atoms with Gasteiger partial charge in [0.2, 0.25) is 0 Å². The normalized spacial score (nSPS) is 11.4. The summed E-state index contributed by atoms with van der Waals surface area (Å²) in [6.45, 7) is 10.9. The number of aromatic nitrogens is 4. The van der Waals surface area contributed by atoms with Gasteiger partial charge in [0, 0.05) is 19.5 Å². The van der Waals surface area contributed by atoms with Crippen LogP contribution in [0.15, 0.2) is 42.7 Å². The molecule has 0 fully saturated rings. The van der Waals surface area contributed by atoms with Crippen molar-refractivity contribution in [1.82, 2.24) is 19.3 Å². The fraction of sp³-hybridized carbons (Fsp3) is 0.391. The largest absolute Gasteiger partial charge is 0.334 e. The van der Waals surface area contributed by atoms with E-state index in [9.17, 15) is 0 Å². The van der Waals surface area contributed by atoms with Gasteiger partial charge in [0.15, 0.2) is 0 Å². The smallest absolute Gasteiger partial charge is 0.0955 e. The van der Waals surface area contributed by atoms with Crippen LogP contribution in [0.4, 0.5) is 0 Å². The van der Waals surface area contributed by atoms with Crippen LogP contribution in [0.5, 0.6) is 0 Å². The maximum absolute atomic E-state index is 4.41. The van der Waals surface area contributed by atoms with Gasteiger partial charge in [-0.1, -0.05) is 39.8 Å². The molecule has 142 valence electrons. The molecule has 4 aromatic rings. The molecule has 2 aromatic heterocycles. The van der Waals surface area contributed by atoms with Crippen molar-refractivity contribution in [3.63, 3.8) is 0 Å². The molecule has 0 bridgehead atoms. The fourth-order valence-corrected chi connectivity index (χ4v) is 3.33. The van der Waals surface area contributed by atoms with E-state index in [2.05, 4.69) is 81.1 Å². The van der Waals surface area contributed by atoms with Gasteiger partial charge in [0.25, 0.3) is 0 Å². The van der Waals surface area contributed by atoms with Crippen LogP contribution in [-0.2, 0) is 14.1 Å². The van der Waals surface area contributed by atoms with Gasteiger partial charge in [-0.05, 0) is 54.2 Å². The van der Waals surface area contributed by atoms with Crippen LogP contribution >= 0.6 is 0 Å². The molecule has 0 aliphatic rings. The number of hydrogen-bond acceptors (Lipinski definition) is 2. The fourth-order valence-electron chi connectivity index (χ4n) is 3.33. The molecule has 0 aliphatic carbocycles. The summed E-state index contributed by atoms with van der Waals surface area (Å²) in [6, 6.07) is 13.1. The summed E-state index contributed by atoms with van der Waals surface area (Å²) in [4.78, 5) is 4.32. The molecule has 4 heteroatoms. The molecule has 0 unspecified atom stereocenters. The Labute approximate surface area is 161 Å². The monoisotopic (exact) mass is 362 g/mol. The van der Waals surface area contributed by atoms with Crippen LogP contribution in [0.1, 0.15) is 56.4 Å². The van der Waals surface area contributed by atoms with E-state index < -0.39 is 0 Å². The van der Waals surface area contributed by atoms with Crippen LogP contribution in [0, 0.1) is 6.92 Å². The first-order valence-corrected chi connectivity index (χ1v) is 9.62. The lowest BCUT2D eigenvalue weighted by atomic mass is 10.0. The number of benzene rings is 2. The van der Waals surface area contributed by atoms with Gasteiger partial charge in [-0.25, -0.2) is 4.98 Å². The highest BCUT2D eigenvalue weighted by molar-refractivity contribution is 5.82. The van der Waals surface area contributed by atoms with Crippen molar-refractivity contribution in [2.45, 2.75) is 46.5 Å². The summed E-state index contributed by atoms with van der Waals surface area (Å²) in [5, 5.41) is 5.68. The molecular formula is C23H30N4. The van der Waals surface area contributed by atoms with Crippen molar-refractivity contribution in [2.24, 2.45) is 14.1 Å². The second-order valence-electron chi connectivity index (χ2n) is 7.90. The minimum Gasteiger partial charge on any atom is -0.334 e. The Morgan fingerprint density at radius 2 is 1.41 bits per heavy atom. The third-order valence-electron chi connectivity index (χ3n) is 5.14. The quantitative estimate of drug-likeness (QED) is 0.458. The molecule has 0 radical (unpaired) electrons. The Morgan fingerprint density at radius 1 is 0.815 bits per heavy atom. The number of nitrogens with zero attached hydrogens (tertiary/aromatic N) is 4. The molecule has 0 atom stereocenters. The number of hydrogen-bond donors (Lipinski definition) is 0. The van der Waals surface area contributed by atoms with E-state index in [1.54, 1.807) is 0 Å². The van der Waals surface area contributed by atoms with Gasteiger partial charge in [0.05, 0.1) is 28.6 Å². The molecule has 27 heavy (non-hydrogen) atoms. The number of rotatable bonds is 2. The van der Waals surface area contributed by atoms with Gasteiger partial charge in [0.1, 0.15) is 0 Å². The van der Waals surface area contributed by atoms with Crippen molar-refractivity contribution in [2.75, 3.05) is 0 Å². The average molecular weight is 363 g/mol. The van der Waals surface area contributed by atoms with Crippen LogP contribution in [0.2, 0.25) is 0 Å². The Morgan fingerprint density at radius 3 is 2.04 bits per heavy atom. The third kappa shape index (κ3) is 3.90. The van der Waals surface area contributed by atoms with Crippen molar-refractivity contribution < 1.29 is 0 Å². The topological polar surface area (TPSA) is 35.6 Å². The van der Waals surface area contributed by atoms with Crippen LogP contribution in [-0.4, -0.2) is 19.3 Å². The van der Waals surface area contributed by atoms with E-state index in [0.29, 0.717) is 11.8 Å². The first-order chi connectivity index (χ1) is 12.8. The molecule has 2 heterocycles. The molecule has 0 N–H and O–H groups in total. The summed E-state index contributed by atoms with van der Waals surface area (Å²) in [6.07, 6.45) is 1.86. The third-order valence-corrected chi connectivity index (χ3v) is 5.14. The van der Waals surface area contributed by atoms with Crippen LogP contribution < -0.4 is 0 Å². The predicted octanol–water partition coefficient (Wildman–Crippen LogP) is 5.70. The van der Waals surface area contributed by atoms with E-state index in [1.807, 2.05) is 29.7 Å². The SMILES string of the molecule is CC(C)c1ccc2c(c1)ncn2C.Cc1nn(C)c2ccc(C(C)C)cc12. The summed E-state index contributed by atoms with van der Waals surface area (Å²) in [7, 11) is 4.01. The molecule has 0 saturated carbocycles. The summed E-state index contributed by atoms with van der Waals surface area (Å²) < 4.78 is 3.98. The average Bonchev–Trinajstić information content (AvgIpc) is 3.15. The van der Waals surface area contributed by atoms with Crippen molar-refractivity contribution in [3.05, 3.63) is 59.5 Å². The predicted molar refractivity (Wildman–Crippen MR) is 114 cm³/mol. The zero-order valence-corrected chi connectivity index (χ0v) is 17.5. The minimum atomic E-state index is 0.575. The molecule has 0 amide bonds. The Hall–Kier alpha value is -2.62. The summed E-state index contributed by atoms with van der Waals surface area (Å²) in [5.41, 5.74) is 7.36. The van der Waals surface area contributed by atoms with Gasteiger partial charge in [-0.15, -0.1) is 0 Å². The molecule has 0 spiro atoms. The lowest BCUT2D eigenvalue weighted by Gasteiger charge is -2.04. The van der Waals surface area contributed by atoms with E-state index in [-0.39, 0.29) is 0 Å². The van der Waals surface area contributed by atoms with Crippen molar-refractivity contribution >= 4 is 21.9 Å². The molecule has 4 nitrogen and oxygen atoms in total. The van der Waals surface area contributed by atoms with E-state index in [0.717, 1.165) is 11.2 Å². The number of aryl methyl sites for hydroxylation is 3.